The number of carbonyl (C=O) groups excluding carboxylic acids is 1. The first-order chi connectivity index (χ1) is 11.6. The first-order valence-corrected chi connectivity index (χ1v) is 8.24. The van der Waals surface area contributed by atoms with Crippen molar-refractivity contribution in [2.45, 2.75) is 32.4 Å². The van der Waals surface area contributed by atoms with E-state index in [0.29, 0.717) is 31.6 Å². The van der Waals surface area contributed by atoms with Gasteiger partial charge in [0, 0.05) is 20.1 Å². The molecule has 0 spiro atoms. The van der Waals surface area contributed by atoms with Gasteiger partial charge in [0.05, 0.1) is 12.6 Å². The van der Waals surface area contributed by atoms with Gasteiger partial charge in [-0.2, -0.15) is 0 Å². The van der Waals surface area contributed by atoms with Gasteiger partial charge in [-0.25, -0.2) is 9.18 Å². The van der Waals surface area contributed by atoms with Crippen LogP contribution in [-0.2, 0) is 11.3 Å². The van der Waals surface area contributed by atoms with Gasteiger partial charge in [0.25, 0.3) is 0 Å². The highest BCUT2D eigenvalue weighted by atomic mass is 19.1. The molecule has 3 N–H and O–H groups in total. The van der Waals surface area contributed by atoms with E-state index in [-0.39, 0.29) is 18.0 Å². The summed E-state index contributed by atoms with van der Waals surface area (Å²) in [4.78, 5) is 15.8. The van der Waals surface area contributed by atoms with Crippen LogP contribution in [0.1, 0.15) is 25.3 Å². The predicted octanol–water partition coefficient (Wildman–Crippen LogP) is 2.02. The van der Waals surface area contributed by atoms with Crippen molar-refractivity contribution in [3.8, 4) is 0 Å². The van der Waals surface area contributed by atoms with Crippen LogP contribution in [0.2, 0.25) is 0 Å². The zero-order valence-corrected chi connectivity index (χ0v) is 14.1. The van der Waals surface area contributed by atoms with Gasteiger partial charge in [-0.05, 0) is 43.4 Å². The zero-order chi connectivity index (χ0) is 17.4. The highest BCUT2D eigenvalue weighted by Gasteiger charge is 2.32. The third-order valence-corrected chi connectivity index (χ3v) is 3.86. The first-order valence-electron chi connectivity index (χ1n) is 8.24. The summed E-state index contributed by atoms with van der Waals surface area (Å²) >= 11 is 0. The molecular weight excluding hydrogens is 311 g/mol. The van der Waals surface area contributed by atoms with Crippen LogP contribution in [0.4, 0.5) is 9.18 Å². The fraction of sp³-hybridized carbons (Fsp3) is 0.529. The number of nitrogens with zero attached hydrogens (tertiary/aromatic N) is 1. The summed E-state index contributed by atoms with van der Waals surface area (Å²) in [6, 6.07) is 6.34. The fourth-order valence-electron chi connectivity index (χ4n) is 2.37. The molecule has 1 unspecified atom stereocenters. The minimum Gasteiger partial charge on any atom is -0.450 e. The molecule has 1 atom stereocenters. The maximum Gasteiger partial charge on any atom is 0.407 e. The van der Waals surface area contributed by atoms with Gasteiger partial charge in [0.2, 0.25) is 0 Å². The summed E-state index contributed by atoms with van der Waals surface area (Å²) in [5.41, 5.74) is 0.961. The van der Waals surface area contributed by atoms with Gasteiger partial charge in [0.15, 0.2) is 5.96 Å². The molecule has 0 radical (unpaired) electrons. The first kappa shape index (κ1) is 18.0. The second-order valence-corrected chi connectivity index (χ2v) is 5.74. The molecule has 24 heavy (non-hydrogen) atoms. The van der Waals surface area contributed by atoms with E-state index in [9.17, 15) is 9.18 Å². The molecule has 0 bridgehead atoms. The number of guanidine groups is 1. The van der Waals surface area contributed by atoms with Crippen molar-refractivity contribution in [1.82, 2.24) is 16.0 Å². The number of carbonyl (C=O) groups is 1. The van der Waals surface area contributed by atoms with Gasteiger partial charge >= 0.3 is 6.09 Å². The lowest BCUT2D eigenvalue weighted by molar-refractivity contribution is 0.146. The molecule has 1 aromatic carbocycles. The second-order valence-electron chi connectivity index (χ2n) is 5.74. The Balaban J connectivity index is 1.78. The van der Waals surface area contributed by atoms with Crippen molar-refractivity contribution < 1.29 is 13.9 Å². The highest BCUT2D eigenvalue weighted by molar-refractivity contribution is 5.79. The third-order valence-electron chi connectivity index (χ3n) is 3.86. The van der Waals surface area contributed by atoms with Gasteiger partial charge < -0.3 is 20.7 Å². The van der Waals surface area contributed by atoms with Gasteiger partial charge in [-0.3, -0.25) is 4.99 Å². The number of hydrogen-bond donors (Lipinski definition) is 3. The lowest BCUT2D eigenvalue weighted by atomic mass is 10.2. The Labute approximate surface area is 141 Å². The zero-order valence-electron chi connectivity index (χ0n) is 14.1. The molecule has 2 rings (SSSR count). The summed E-state index contributed by atoms with van der Waals surface area (Å²) < 4.78 is 17.8. The molecule has 7 heteroatoms. The van der Waals surface area contributed by atoms with E-state index in [0.717, 1.165) is 18.4 Å². The Morgan fingerprint density at radius 1 is 1.33 bits per heavy atom. The minimum absolute atomic E-state index is 0.0217. The number of alkyl carbamates (subject to hydrolysis) is 1. The molecule has 1 aromatic rings. The maximum atomic E-state index is 12.9. The van der Waals surface area contributed by atoms with E-state index < -0.39 is 0 Å². The summed E-state index contributed by atoms with van der Waals surface area (Å²) in [5, 5.41) is 9.28. The quantitative estimate of drug-likeness (QED) is 0.526. The molecule has 6 nitrogen and oxygen atoms in total. The number of ether oxygens (including phenoxy) is 1. The van der Waals surface area contributed by atoms with Crippen LogP contribution in [0.5, 0.6) is 0 Å². The Kier molecular flexibility index (Phi) is 6.84. The lowest BCUT2D eigenvalue weighted by Gasteiger charge is -2.20. The van der Waals surface area contributed by atoms with Gasteiger partial charge in [-0.15, -0.1) is 0 Å². The van der Waals surface area contributed by atoms with Crippen molar-refractivity contribution in [3.05, 3.63) is 35.6 Å². The van der Waals surface area contributed by atoms with E-state index in [2.05, 4.69) is 20.9 Å². The average molecular weight is 336 g/mol. The maximum absolute atomic E-state index is 12.9. The molecule has 1 amide bonds. The van der Waals surface area contributed by atoms with E-state index in [1.54, 1.807) is 26.1 Å². The minimum atomic E-state index is -0.384. The van der Waals surface area contributed by atoms with Crippen molar-refractivity contribution >= 4 is 12.1 Å². The molecule has 132 valence electrons. The molecule has 0 saturated heterocycles. The largest absolute Gasteiger partial charge is 0.450 e. The lowest BCUT2D eigenvalue weighted by Crippen LogP contribution is -2.48. The normalized spacial score (nSPS) is 15.5. The fourth-order valence-corrected chi connectivity index (χ4v) is 2.37. The van der Waals surface area contributed by atoms with Crippen molar-refractivity contribution in [3.63, 3.8) is 0 Å². The summed E-state index contributed by atoms with van der Waals surface area (Å²) in [7, 11) is 1.69. The van der Waals surface area contributed by atoms with Gasteiger partial charge in [-0.1, -0.05) is 12.1 Å². The molecule has 1 fully saturated rings. The number of amides is 1. The van der Waals surface area contributed by atoms with Gasteiger partial charge in [0.1, 0.15) is 5.82 Å². The monoisotopic (exact) mass is 336 g/mol. The van der Waals surface area contributed by atoms with Crippen molar-refractivity contribution in [2.75, 3.05) is 20.2 Å². The standard InChI is InChI=1S/C17H25FN4O2/c1-3-24-17(23)22-15(13-6-7-13)11-21-16(19-2)20-10-12-4-8-14(18)9-5-12/h4-5,8-9,13,15H,3,6-7,10-11H2,1-2H3,(H,22,23)(H2,19,20,21). The van der Waals surface area contributed by atoms with Crippen LogP contribution in [0.3, 0.4) is 0 Å². The summed E-state index contributed by atoms with van der Waals surface area (Å²) in [6.45, 7) is 3.26. The molecule has 0 aliphatic heterocycles. The molecule has 1 saturated carbocycles. The summed E-state index contributed by atoms with van der Waals surface area (Å²) in [6.07, 6.45) is 1.84. The smallest absolute Gasteiger partial charge is 0.407 e. The summed E-state index contributed by atoms with van der Waals surface area (Å²) in [5.74, 6) is 0.867. The topological polar surface area (TPSA) is 74.8 Å². The Morgan fingerprint density at radius 3 is 2.62 bits per heavy atom. The molecular formula is C17H25FN4O2. The predicted molar refractivity (Wildman–Crippen MR) is 91.3 cm³/mol. The van der Waals surface area contributed by atoms with Crippen LogP contribution in [0, 0.1) is 11.7 Å². The Hall–Kier alpha value is -2.31. The number of nitrogens with one attached hydrogen (secondary N) is 3. The van der Waals surface area contributed by atoms with E-state index in [4.69, 9.17) is 4.74 Å². The number of benzene rings is 1. The van der Waals surface area contributed by atoms with Crippen molar-refractivity contribution in [2.24, 2.45) is 10.9 Å². The Bertz CT molecular complexity index is 558. The van der Waals surface area contributed by atoms with Crippen LogP contribution in [-0.4, -0.2) is 38.3 Å². The Morgan fingerprint density at radius 2 is 2.04 bits per heavy atom. The average Bonchev–Trinajstić information content (AvgIpc) is 3.40. The number of halogens is 1. The molecule has 0 heterocycles. The second kappa shape index (κ2) is 9.10. The van der Waals surface area contributed by atoms with E-state index in [1.807, 2.05) is 0 Å². The van der Waals surface area contributed by atoms with E-state index in [1.165, 1.54) is 12.1 Å². The van der Waals surface area contributed by atoms with Crippen LogP contribution in [0.15, 0.2) is 29.3 Å². The number of rotatable bonds is 7. The SMILES string of the molecule is CCOC(=O)NC(CNC(=NC)NCc1ccc(F)cc1)C1CC1. The van der Waals surface area contributed by atoms with Crippen LogP contribution >= 0.6 is 0 Å². The van der Waals surface area contributed by atoms with Crippen molar-refractivity contribution in [1.29, 1.82) is 0 Å². The number of aliphatic imine (C=N–C) groups is 1. The highest BCUT2D eigenvalue weighted by Crippen LogP contribution is 2.32. The number of hydrogen-bond acceptors (Lipinski definition) is 3. The van der Waals surface area contributed by atoms with Crippen LogP contribution < -0.4 is 16.0 Å². The third kappa shape index (κ3) is 6.06. The molecule has 0 aromatic heterocycles. The molecule has 1 aliphatic rings. The molecule has 1 aliphatic carbocycles. The van der Waals surface area contributed by atoms with E-state index >= 15 is 0 Å². The van der Waals surface area contributed by atoms with Crippen LogP contribution in [0.25, 0.3) is 0 Å².